The van der Waals surface area contributed by atoms with E-state index in [0.717, 1.165) is 10.9 Å². The molecule has 0 atom stereocenters. The fourth-order valence-electron chi connectivity index (χ4n) is 1.18. The molecule has 9 heteroatoms. The molecule has 0 amide bonds. The van der Waals surface area contributed by atoms with Crippen LogP contribution in [0.15, 0.2) is 24.7 Å². The average Bonchev–Trinajstić information content (AvgIpc) is 2.76. The van der Waals surface area contributed by atoms with E-state index in [1.807, 2.05) is 0 Å². The number of ketones is 1. The van der Waals surface area contributed by atoms with E-state index in [-0.39, 0.29) is 6.54 Å². The summed E-state index contributed by atoms with van der Waals surface area (Å²) in [4.78, 5) is 18.6. The summed E-state index contributed by atoms with van der Waals surface area (Å²) < 4.78 is 37.4. The van der Waals surface area contributed by atoms with Gasteiger partial charge in [0.15, 0.2) is 5.69 Å². The van der Waals surface area contributed by atoms with Crippen LogP contribution in [0.3, 0.4) is 0 Å². The van der Waals surface area contributed by atoms with Crippen LogP contribution in [0.25, 0.3) is 0 Å². The summed E-state index contributed by atoms with van der Waals surface area (Å²) in [6.45, 7) is 0.0407. The Hall–Kier alpha value is -2.32. The largest absolute Gasteiger partial charge is 0.456 e. The number of Topliss-reactive ketones (excluding diaryl/α,β-unsaturated/α-hetero) is 1. The van der Waals surface area contributed by atoms with Crippen molar-refractivity contribution in [3.8, 4) is 0 Å². The van der Waals surface area contributed by atoms with Crippen molar-refractivity contribution in [1.29, 1.82) is 0 Å². The van der Waals surface area contributed by atoms with E-state index in [2.05, 4.69) is 20.3 Å². The van der Waals surface area contributed by atoms with Crippen LogP contribution in [0.1, 0.15) is 16.3 Å². The molecule has 0 saturated carbocycles. The van der Waals surface area contributed by atoms with Gasteiger partial charge in [0, 0.05) is 12.4 Å². The Labute approximate surface area is 98.5 Å². The molecular formula is C9H6F3N5O. The van der Waals surface area contributed by atoms with Crippen molar-refractivity contribution >= 4 is 5.78 Å². The second-order valence-corrected chi connectivity index (χ2v) is 3.29. The molecule has 0 spiro atoms. The summed E-state index contributed by atoms with van der Waals surface area (Å²) in [7, 11) is 0. The smallest absolute Gasteiger partial charge is 0.282 e. The third-order valence-corrected chi connectivity index (χ3v) is 1.95. The lowest BCUT2D eigenvalue weighted by Crippen LogP contribution is -2.23. The molecule has 0 radical (unpaired) electrons. The van der Waals surface area contributed by atoms with Crippen LogP contribution >= 0.6 is 0 Å². The highest BCUT2D eigenvalue weighted by atomic mass is 19.4. The maximum atomic E-state index is 12.1. The number of carbonyl (C=O) groups is 1. The molecule has 2 heterocycles. The zero-order valence-corrected chi connectivity index (χ0v) is 8.79. The molecule has 0 fully saturated rings. The Morgan fingerprint density at radius 3 is 2.56 bits per heavy atom. The number of aromatic nitrogens is 5. The zero-order chi connectivity index (χ0) is 13.2. The first-order valence-corrected chi connectivity index (χ1v) is 4.74. The van der Waals surface area contributed by atoms with Crippen LogP contribution in [-0.2, 0) is 6.54 Å². The Morgan fingerprint density at radius 2 is 1.94 bits per heavy atom. The van der Waals surface area contributed by atoms with Crippen LogP contribution in [-0.4, -0.2) is 36.9 Å². The van der Waals surface area contributed by atoms with E-state index >= 15 is 0 Å². The van der Waals surface area contributed by atoms with Gasteiger partial charge < -0.3 is 0 Å². The van der Waals surface area contributed by atoms with Crippen molar-refractivity contribution in [2.75, 3.05) is 0 Å². The predicted molar refractivity (Wildman–Crippen MR) is 51.5 cm³/mol. The number of hydrogen-bond acceptors (Lipinski definition) is 5. The van der Waals surface area contributed by atoms with E-state index < -0.39 is 17.7 Å². The number of carbonyl (C=O) groups excluding carboxylic acids is 1. The summed E-state index contributed by atoms with van der Waals surface area (Å²) in [5.41, 5.74) is -0.751. The van der Waals surface area contributed by atoms with Gasteiger partial charge >= 0.3 is 6.18 Å². The lowest BCUT2D eigenvalue weighted by Gasteiger charge is -2.00. The normalized spacial score (nSPS) is 11.5. The van der Waals surface area contributed by atoms with E-state index in [4.69, 9.17) is 0 Å². The van der Waals surface area contributed by atoms with Crippen LogP contribution in [0, 0.1) is 0 Å². The zero-order valence-electron chi connectivity index (χ0n) is 8.79. The highest BCUT2D eigenvalue weighted by Gasteiger charge is 2.41. The maximum absolute atomic E-state index is 12.1. The van der Waals surface area contributed by atoms with Gasteiger partial charge in [-0.15, -0.1) is 5.10 Å². The van der Waals surface area contributed by atoms with Gasteiger partial charge in [-0.25, -0.2) is 14.6 Å². The molecule has 6 nitrogen and oxygen atoms in total. The predicted octanol–water partition coefficient (Wildman–Crippen LogP) is 0.861. The third-order valence-electron chi connectivity index (χ3n) is 1.95. The standard InChI is InChI=1S/C9H6F3N5O/c10-9(11,12)8(18)6-4-17(16-15-6)5-7-13-2-1-3-14-7/h1-4H,5H2. The first-order chi connectivity index (χ1) is 8.47. The van der Waals surface area contributed by atoms with Crippen LogP contribution in [0.5, 0.6) is 0 Å². The fraction of sp³-hybridized carbons (Fsp3) is 0.222. The molecule has 2 rings (SSSR count). The van der Waals surface area contributed by atoms with Gasteiger partial charge in [0.2, 0.25) is 0 Å². The molecule has 0 aliphatic heterocycles. The Bertz CT molecular complexity index is 551. The summed E-state index contributed by atoms with van der Waals surface area (Å²) in [6.07, 6.45) is -1.07. The molecular weight excluding hydrogens is 251 g/mol. The molecule has 2 aromatic rings. The first-order valence-electron chi connectivity index (χ1n) is 4.74. The lowest BCUT2D eigenvalue weighted by atomic mass is 10.3. The van der Waals surface area contributed by atoms with Crippen molar-refractivity contribution in [3.63, 3.8) is 0 Å². The highest BCUT2D eigenvalue weighted by Crippen LogP contribution is 2.19. The Morgan fingerprint density at radius 1 is 1.28 bits per heavy atom. The molecule has 0 N–H and O–H groups in total. The molecule has 2 aromatic heterocycles. The summed E-state index contributed by atoms with van der Waals surface area (Å²) >= 11 is 0. The van der Waals surface area contributed by atoms with Crippen LogP contribution in [0.4, 0.5) is 13.2 Å². The SMILES string of the molecule is O=C(c1cn(Cc2ncccn2)nn1)C(F)(F)F. The van der Waals surface area contributed by atoms with Gasteiger partial charge in [-0.3, -0.25) is 4.79 Å². The van der Waals surface area contributed by atoms with E-state index in [1.54, 1.807) is 6.07 Å². The summed E-state index contributed by atoms with van der Waals surface area (Å²) in [5, 5.41) is 6.58. The van der Waals surface area contributed by atoms with Crippen molar-refractivity contribution in [2.45, 2.75) is 12.7 Å². The minimum atomic E-state index is -4.95. The van der Waals surface area contributed by atoms with Gasteiger partial charge in [-0.05, 0) is 6.07 Å². The Balaban J connectivity index is 2.14. The molecule has 0 aromatic carbocycles. The molecule has 0 bridgehead atoms. The number of hydrogen-bond donors (Lipinski definition) is 0. The van der Waals surface area contributed by atoms with Gasteiger partial charge in [0.1, 0.15) is 12.4 Å². The van der Waals surface area contributed by atoms with Crippen molar-refractivity contribution in [3.05, 3.63) is 36.2 Å². The Kier molecular flexibility index (Phi) is 3.04. The van der Waals surface area contributed by atoms with Crippen LogP contribution < -0.4 is 0 Å². The molecule has 0 aliphatic rings. The maximum Gasteiger partial charge on any atom is 0.456 e. The van der Waals surface area contributed by atoms with E-state index in [1.165, 1.54) is 12.4 Å². The van der Waals surface area contributed by atoms with Gasteiger partial charge in [-0.1, -0.05) is 5.21 Å². The summed E-state index contributed by atoms with van der Waals surface area (Å²) in [5.74, 6) is -1.67. The van der Waals surface area contributed by atoms with Gasteiger partial charge in [-0.2, -0.15) is 13.2 Å². The highest BCUT2D eigenvalue weighted by molar-refractivity contribution is 5.98. The molecule has 94 valence electrons. The lowest BCUT2D eigenvalue weighted by molar-refractivity contribution is -0.0888. The quantitative estimate of drug-likeness (QED) is 0.762. The monoisotopic (exact) mass is 257 g/mol. The number of halogens is 3. The fourth-order valence-corrected chi connectivity index (χ4v) is 1.18. The van der Waals surface area contributed by atoms with Gasteiger partial charge in [0.05, 0.1) is 6.20 Å². The second-order valence-electron chi connectivity index (χ2n) is 3.29. The topological polar surface area (TPSA) is 73.6 Å². The summed E-state index contributed by atoms with van der Waals surface area (Å²) in [6, 6.07) is 1.60. The first kappa shape index (κ1) is 12.1. The minimum absolute atomic E-state index is 0.0407. The average molecular weight is 257 g/mol. The molecule has 0 saturated heterocycles. The van der Waals surface area contributed by atoms with Crippen molar-refractivity contribution in [1.82, 2.24) is 25.0 Å². The molecule has 0 unspecified atom stereocenters. The van der Waals surface area contributed by atoms with E-state index in [0.29, 0.717) is 5.82 Å². The van der Waals surface area contributed by atoms with E-state index in [9.17, 15) is 18.0 Å². The minimum Gasteiger partial charge on any atom is -0.282 e. The number of rotatable bonds is 3. The number of nitrogens with zero attached hydrogens (tertiary/aromatic N) is 5. The third kappa shape index (κ3) is 2.67. The van der Waals surface area contributed by atoms with Crippen molar-refractivity contribution in [2.24, 2.45) is 0 Å². The molecule has 18 heavy (non-hydrogen) atoms. The number of alkyl halides is 3. The van der Waals surface area contributed by atoms with Crippen LogP contribution in [0.2, 0.25) is 0 Å². The second kappa shape index (κ2) is 4.51. The molecule has 0 aliphatic carbocycles. The van der Waals surface area contributed by atoms with Crippen molar-refractivity contribution < 1.29 is 18.0 Å². The van der Waals surface area contributed by atoms with Gasteiger partial charge in [0.25, 0.3) is 5.78 Å².